The van der Waals surface area contributed by atoms with Gasteiger partial charge in [0, 0.05) is 35.1 Å². The zero-order valence-corrected chi connectivity index (χ0v) is 21.7. The van der Waals surface area contributed by atoms with Gasteiger partial charge in [-0.3, -0.25) is 10.2 Å². The highest BCUT2D eigenvalue weighted by Crippen LogP contribution is 2.27. The van der Waals surface area contributed by atoms with E-state index in [1.54, 1.807) is 0 Å². The van der Waals surface area contributed by atoms with Crippen molar-refractivity contribution in [3.63, 3.8) is 0 Å². The lowest BCUT2D eigenvalue weighted by atomic mass is 9.92. The van der Waals surface area contributed by atoms with Gasteiger partial charge in [0.05, 0.1) is 6.61 Å². The molecule has 1 fully saturated rings. The monoisotopic (exact) mass is 509 g/mol. The first-order valence-corrected chi connectivity index (χ1v) is 13.3. The van der Waals surface area contributed by atoms with E-state index in [1.165, 1.54) is 0 Å². The molecule has 6 N–H and O–H groups in total. The highest BCUT2D eigenvalue weighted by atomic mass is 16.5. The molecule has 0 atom stereocenters. The Balaban J connectivity index is 1.48. The summed E-state index contributed by atoms with van der Waals surface area (Å²) >= 11 is 0. The van der Waals surface area contributed by atoms with Crippen LogP contribution in [-0.4, -0.2) is 35.0 Å². The van der Waals surface area contributed by atoms with Crippen LogP contribution in [0.5, 0.6) is 5.75 Å². The molecule has 38 heavy (non-hydrogen) atoms. The van der Waals surface area contributed by atoms with Crippen molar-refractivity contribution in [1.82, 2.24) is 9.88 Å². The number of carbonyl (C=O) groups is 1. The second kappa shape index (κ2) is 11.1. The van der Waals surface area contributed by atoms with E-state index in [2.05, 4.69) is 35.6 Å². The van der Waals surface area contributed by atoms with Gasteiger partial charge in [0.1, 0.15) is 17.3 Å². The average molecular weight is 510 g/mol. The number of nitrogens with zero attached hydrogens (tertiary/aromatic N) is 1. The predicted molar refractivity (Wildman–Crippen MR) is 153 cm³/mol. The van der Waals surface area contributed by atoms with E-state index in [0.717, 1.165) is 59.0 Å². The minimum Gasteiger partial charge on any atom is -0.494 e. The number of hydrogen-bond donors (Lipinski definition) is 4. The summed E-state index contributed by atoms with van der Waals surface area (Å²) in [7, 11) is 0. The van der Waals surface area contributed by atoms with Gasteiger partial charge in [-0.05, 0) is 79.6 Å². The van der Waals surface area contributed by atoms with E-state index in [-0.39, 0.29) is 23.8 Å². The fraction of sp³-hybridized carbons (Fsp3) is 0.290. The van der Waals surface area contributed by atoms with Gasteiger partial charge in [-0.1, -0.05) is 42.5 Å². The van der Waals surface area contributed by atoms with E-state index in [0.29, 0.717) is 24.4 Å². The molecule has 0 aliphatic heterocycles. The van der Waals surface area contributed by atoms with Crippen LogP contribution in [0.2, 0.25) is 0 Å². The van der Waals surface area contributed by atoms with Gasteiger partial charge in [0.25, 0.3) is 5.91 Å². The third-order valence-corrected chi connectivity index (χ3v) is 7.32. The summed E-state index contributed by atoms with van der Waals surface area (Å²) in [4.78, 5) is 13.5. The van der Waals surface area contributed by atoms with Crippen molar-refractivity contribution < 1.29 is 9.53 Å². The number of amidine groups is 1. The van der Waals surface area contributed by atoms with Gasteiger partial charge in [-0.15, -0.1) is 0 Å². The van der Waals surface area contributed by atoms with Crippen molar-refractivity contribution in [2.24, 2.45) is 11.5 Å². The molecule has 0 saturated heterocycles. The number of carbonyl (C=O) groups excluding carboxylic acids is 1. The van der Waals surface area contributed by atoms with Crippen LogP contribution in [-0.2, 0) is 6.54 Å². The average Bonchev–Trinajstić information content (AvgIpc) is 3.28. The molecule has 0 radical (unpaired) electrons. The highest BCUT2D eigenvalue weighted by Gasteiger charge is 2.23. The summed E-state index contributed by atoms with van der Waals surface area (Å²) in [5, 5.41) is 12.1. The molecule has 1 aliphatic carbocycles. The summed E-state index contributed by atoms with van der Waals surface area (Å²) in [6.07, 6.45) is 3.64. The number of hydrogen-bond acceptors (Lipinski definition) is 4. The number of nitrogens with two attached hydrogens (primary N) is 2. The van der Waals surface area contributed by atoms with Gasteiger partial charge in [0.15, 0.2) is 0 Å². The third-order valence-electron chi connectivity index (χ3n) is 7.32. The van der Waals surface area contributed by atoms with Gasteiger partial charge in [-0.25, -0.2) is 0 Å². The van der Waals surface area contributed by atoms with Crippen LogP contribution < -0.4 is 21.5 Å². The molecule has 4 aromatic rings. The summed E-state index contributed by atoms with van der Waals surface area (Å²) < 4.78 is 7.61. The zero-order chi connectivity index (χ0) is 26.6. The largest absolute Gasteiger partial charge is 0.494 e. The molecule has 1 aromatic heterocycles. The third kappa shape index (κ3) is 5.58. The first-order chi connectivity index (χ1) is 18.4. The van der Waals surface area contributed by atoms with Gasteiger partial charge in [-0.2, -0.15) is 0 Å². The number of aromatic nitrogens is 1. The predicted octanol–water partition coefficient (Wildman–Crippen LogP) is 5.04. The molecule has 196 valence electrons. The Labute approximate surface area is 223 Å². The molecule has 1 saturated carbocycles. The first-order valence-electron chi connectivity index (χ1n) is 13.3. The Morgan fingerprint density at radius 3 is 2.47 bits per heavy atom. The number of nitrogens with one attached hydrogen (secondary N) is 2. The highest BCUT2D eigenvalue weighted by molar-refractivity contribution is 6.02. The second-order valence-electron chi connectivity index (χ2n) is 10.0. The van der Waals surface area contributed by atoms with Crippen LogP contribution in [0.15, 0.2) is 72.8 Å². The second-order valence-corrected chi connectivity index (χ2v) is 10.0. The van der Waals surface area contributed by atoms with E-state index in [4.69, 9.17) is 21.6 Å². The molecule has 0 bridgehead atoms. The quantitative estimate of drug-likeness (QED) is 0.196. The lowest BCUT2D eigenvalue weighted by molar-refractivity contribution is 0.0917. The molecular weight excluding hydrogens is 474 g/mol. The van der Waals surface area contributed by atoms with Crippen molar-refractivity contribution in [2.75, 3.05) is 6.61 Å². The number of amides is 1. The van der Waals surface area contributed by atoms with Crippen LogP contribution in [0.3, 0.4) is 0 Å². The SMILES string of the molecule is CCOc1ccc(-c2cccc(Cn3c(C(=O)NC4CCC(N)CC4)cc4ccc(C(=N)N)cc43)c2)cc1. The fourth-order valence-corrected chi connectivity index (χ4v) is 5.25. The van der Waals surface area contributed by atoms with Gasteiger partial charge >= 0.3 is 0 Å². The van der Waals surface area contributed by atoms with Gasteiger partial charge in [0.2, 0.25) is 0 Å². The Bertz CT molecular complexity index is 1450. The van der Waals surface area contributed by atoms with Crippen LogP contribution in [0.1, 0.15) is 54.2 Å². The summed E-state index contributed by atoms with van der Waals surface area (Å²) in [6.45, 7) is 3.12. The van der Waals surface area contributed by atoms with Gasteiger partial charge < -0.3 is 26.1 Å². The van der Waals surface area contributed by atoms with Crippen molar-refractivity contribution in [2.45, 2.75) is 51.2 Å². The van der Waals surface area contributed by atoms with E-state index < -0.39 is 0 Å². The standard InChI is InChI=1S/C31H35N5O2/c1-2-38-27-14-8-21(9-15-27)22-5-3-4-20(16-22)19-36-28-18-24(30(33)34)7-6-23(28)17-29(36)31(37)35-26-12-10-25(32)11-13-26/h3-9,14-18,25-26H,2,10-13,19,32H2,1H3,(H3,33,34)(H,35,37). The van der Waals surface area contributed by atoms with Crippen LogP contribution >= 0.6 is 0 Å². The van der Waals surface area contributed by atoms with Crippen LogP contribution in [0, 0.1) is 5.41 Å². The molecule has 5 rings (SSSR count). The van der Waals surface area contributed by atoms with E-state index in [1.807, 2.05) is 54.0 Å². The number of benzene rings is 3. The van der Waals surface area contributed by atoms with Crippen molar-refractivity contribution in [1.29, 1.82) is 5.41 Å². The molecule has 1 heterocycles. The number of nitrogen functional groups attached to an aromatic ring is 1. The Morgan fingerprint density at radius 1 is 1.00 bits per heavy atom. The Kier molecular flexibility index (Phi) is 7.47. The lowest BCUT2D eigenvalue weighted by Gasteiger charge is -2.27. The topological polar surface area (TPSA) is 119 Å². The fourth-order valence-electron chi connectivity index (χ4n) is 5.25. The zero-order valence-electron chi connectivity index (χ0n) is 21.7. The molecule has 3 aromatic carbocycles. The number of ether oxygens (including phenoxy) is 1. The molecule has 1 amide bonds. The molecule has 7 nitrogen and oxygen atoms in total. The minimum atomic E-state index is -0.0892. The van der Waals surface area contributed by atoms with E-state index in [9.17, 15) is 4.79 Å². The minimum absolute atomic E-state index is 0.00157. The van der Waals surface area contributed by atoms with Crippen molar-refractivity contribution >= 4 is 22.6 Å². The van der Waals surface area contributed by atoms with Crippen molar-refractivity contribution in [3.8, 4) is 16.9 Å². The molecule has 1 aliphatic rings. The van der Waals surface area contributed by atoms with Crippen molar-refractivity contribution in [3.05, 3.63) is 89.6 Å². The lowest BCUT2D eigenvalue weighted by Crippen LogP contribution is -2.41. The molecule has 7 heteroatoms. The summed E-state index contributed by atoms with van der Waals surface area (Å²) in [5.41, 5.74) is 17.2. The van der Waals surface area contributed by atoms with E-state index >= 15 is 0 Å². The molecule has 0 spiro atoms. The summed E-state index contributed by atoms with van der Waals surface area (Å²) in [5.74, 6) is 0.763. The van der Waals surface area contributed by atoms with Crippen LogP contribution in [0.4, 0.5) is 0 Å². The normalized spacial score (nSPS) is 17.3. The first kappa shape index (κ1) is 25.5. The Hall–Kier alpha value is -4.10. The Morgan fingerprint density at radius 2 is 1.76 bits per heavy atom. The molecular formula is C31H35N5O2. The number of fused-ring (bicyclic) bond motifs is 1. The number of rotatable bonds is 8. The maximum absolute atomic E-state index is 13.5. The summed E-state index contributed by atoms with van der Waals surface area (Å²) in [6, 6.07) is 24.4. The smallest absolute Gasteiger partial charge is 0.268 e. The maximum atomic E-state index is 13.5. The maximum Gasteiger partial charge on any atom is 0.268 e. The molecule has 0 unspecified atom stereocenters. The van der Waals surface area contributed by atoms with Crippen LogP contribution in [0.25, 0.3) is 22.0 Å².